The summed E-state index contributed by atoms with van der Waals surface area (Å²) in [7, 11) is 0. The third-order valence-electron chi connectivity index (χ3n) is 13.5. The number of hydrogen-bond donors (Lipinski definition) is 4. The number of rotatable bonds is 24. The van der Waals surface area contributed by atoms with E-state index in [1.807, 2.05) is 55.4 Å². The van der Waals surface area contributed by atoms with Crippen molar-refractivity contribution < 1.29 is 39.4 Å². The van der Waals surface area contributed by atoms with Crippen molar-refractivity contribution in [2.75, 3.05) is 0 Å². The van der Waals surface area contributed by atoms with Crippen molar-refractivity contribution in [3.8, 4) is 46.0 Å². The highest BCUT2D eigenvalue weighted by atomic mass is 16.5. The van der Waals surface area contributed by atoms with Gasteiger partial charge in [-0.25, -0.2) is 0 Å². The molecule has 1 aliphatic rings. The minimum atomic E-state index is -0.322. The molecular formula is C60H88O8. The lowest BCUT2D eigenvalue weighted by Crippen LogP contribution is -2.16. The van der Waals surface area contributed by atoms with E-state index in [1.165, 1.54) is 0 Å². The fourth-order valence-corrected chi connectivity index (χ4v) is 10.4. The Morgan fingerprint density at radius 3 is 0.662 bits per heavy atom. The first kappa shape index (κ1) is 54.2. The maximum absolute atomic E-state index is 12.4. The molecule has 0 spiro atoms. The second kappa shape index (κ2) is 25.8. The summed E-state index contributed by atoms with van der Waals surface area (Å²) in [6.45, 7) is 24.8. The first-order valence-electron chi connectivity index (χ1n) is 26.7. The molecule has 0 radical (unpaired) electrons. The number of hydrogen-bond acceptors (Lipinski definition) is 8. The Bertz CT molecular complexity index is 1890. The first-order chi connectivity index (χ1) is 32.5. The van der Waals surface area contributed by atoms with Gasteiger partial charge >= 0.3 is 0 Å². The summed E-state index contributed by atoms with van der Waals surface area (Å²) < 4.78 is 26.7. The monoisotopic (exact) mass is 937 g/mol. The van der Waals surface area contributed by atoms with Gasteiger partial charge in [0.15, 0.2) is 0 Å². The molecule has 0 aliphatic heterocycles. The molecule has 0 aromatic heterocycles. The van der Waals surface area contributed by atoms with Crippen molar-refractivity contribution in [3.63, 3.8) is 0 Å². The van der Waals surface area contributed by atoms with Crippen LogP contribution in [0.3, 0.4) is 0 Å². The van der Waals surface area contributed by atoms with Crippen LogP contribution in [0, 0.1) is 0 Å². The summed E-state index contributed by atoms with van der Waals surface area (Å²) >= 11 is 0. The molecule has 0 saturated carbocycles. The van der Waals surface area contributed by atoms with Gasteiger partial charge in [0.25, 0.3) is 0 Å². The van der Waals surface area contributed by atoms with E-state index in [0.29, 0.717) is 23.0 Å². The fourth-order valence-electron chi connectivity index (χ4n) is 10.4. The summed E-state index contributed by atoms with van der Waals surface area (Å²) in [5.74, 6) is 1.62. The summed E-state index contributed by atoms with van der Waals surface area (Å²) in [4.78, 5) is 0. The van der Waals surface area contributed by atoms with Crippen LogP contribution in [-0.4, -0.2) is 44.8 Å². The van der Waals surface area contributed by atoms with E-state index >= 15 is 0 Å². The number of unbranched alkanes of at least 4 members (excludes halogenated alkanes) is 8. The number of fused-ring (bicyclic) bond motifs is 8. The van der Waals surface area contributed by atoms with Crippen LogP contribution in [0.4, 0.5) is 0 Å². The zero-order valence-corrected chi connectivity index (χ0v) is 44.0. The topological polar surface area (TPSA) is 118 Å². The average molecular weight is 937 g/mol. The molecule has 5 rings (SSSR count). The normalized spacial score (nSPS) is 17.1. The summed E-state index contributed by atoms with van der Waals surface area (Å²) in [5, 5.41) is 49.8. The van der Waals surface area contributed by atoms with E-state index in [9.17, 15) is 20.4 Å². The van der Waals surface area contributed by atoms with Gasteiger partial charge in [0, 0.05) is 92.4 Å². The molecule has 376 valence electrons. The van der Waals surface area contributed by atoms with E-state index in [1.54, 1.807) is 24.3 Å². The van der Waals surface area contributed by atoms with Crippen molar-refractivity contribution in [1.82, 2.24) is 0 Å². The molecular weight excluding hydrogens is 849 g/mol. The fraction of sp³-hybridized carbons (Fsp3) is 0.600. The van der Waals surface area contributed by atoms with Gasteiger partial charge < -0.3 is 39.4 Å². The van der Waals surface area contributed by atoms with Crippen LogP contribution in [0.1, 0.15) is 254 Å². The molecule has 0 saturated heterocycles. The molecule has 4 atom stereocenters. The summed E-state index contributed by atoms with van der Waals surface area (Å²) in [5.41, 5.74) is 6.67. The van der Waals surface area contributed by atoms with Gasteiger partial charge in [0.2, 0.25) is 0 Å². The largest absolute Gasteiger partial charge is 0.508 e. The van der Waals surface area contributed by atoms with Gasteiger partial charge in [-0.1, -0.05) is 105 Å². The lowest BCUT2D eigenvalue weighted by Gasteiger charge is -2.31. The van der Waals surface area contributed by atoms with Crippen LogP contribution >= 0.6 is 0 Å². The Labute approximate surface area is 410 Å². The molecule has 0 unspecified atom stereocenters. The molecule has 8 heteroatoms. The molecule has 1 aliphatic carbocycles. The second-order valence-corrected chi connectivity index (χ2v) is 20.7. The zero-order valence-electron chi connectivity index (χ0n) is 44.0. The van der Waals surface area contributed by atoms with Crippen LogP contribution < -0.4 is 18.9 Å². The Hall–Kier alpha value is -4.72. The van der Waals surface area contributed by atoms with Crippen LogP contribution in [0.2, 0.25) is 0 Å². The third kappa shape index (κ3) is 13.7. The minimum Gasteiger partial charge on any atom is -0.508 e. The minimum absolute atomic E-state index is 0.140. The Morgan fingerprint density at radius 2 is 0.500 bits per heavy atom. The highest BCUT2D eigenvalue weighted by molar-refractivity contribution is 5.63. The van der Waals surface area contributed by atoms with Crippen molar-refractivity contribution in [3.05, 3.63) is 93.0 Å². The van der Waals surface area contributed by atoms with Crippen LogP contribution in [0.5, 0.6) is 46.0 Å². The van der Waals surface area contributed by atoms with E-state index < -0.39 is 0 Å². The van der Waals surface area contributed by atoms with E-state index in [2.05, 4.69) is 52.0 Å². The average Bonchev–Trinajstić information content (AvgIpc) is 3.25. The lowest BCUT2D eigenvalue weighted by atomic mass is 9.76. The third-order valence-corrected chi connectivity index (χ3v) is 13.5. The number of phenolic OH excluding ortho intramolecular Hbond substituents is 4. The van der Waals surface area contributed by atoms with E-state index in [-0.39, 0.29) is 71.1 Å². The Kier molecular flexibility index (Phi) is 20.5. The Morgan fingerprint density at radius 1 is 0.309 bits per heavy atom. The van der Waals surface area contributed by atoms with Gasteiger partial charge in [-0.2, -0.15) is 0 Å². The quantitative estimate of drug-likeness (QED) is 0.0513. The van der Waals surface area contributed by atoms with Crippen molar-refractivity contribution in [1.29, 1.82) is 0 Å². The van der Waals surface area contributed by atoms with Gasteiger partial charge in [-0.3, -0.25) is 0 Å². The molecule has 0 fully saturated rings. The maximum Gasteiger partial charge on any atom is 0.127 e. The molecule has 0 heterocycles. The second-order valence-electron chi connectivity index (χ2n) is 20.7. The molecule has 0 amide bonds. The number of benzene rings is 4. The molecule has 4 aromatic rings. The standard InChI is InChI=1S/C60H88O8/c1-13-17-21-25-41-45-29-50(58(33-53(45)61)66-38(7)8)43(27-23-19-15-3)47-31-52(60(35-55(47)63)68-40(11)12)44(28-24-20-16-4)48-32-51(59(36-56(48)64)67-39(9)10)42(26-22-18-14-2)46-30-49(41)57(34-54(46)62)65-37(5)6/h29-44,61-64H,13-28H2,1-12H3/t41-,42-,43-,44-/m1/s1. The van der Waals surface area contributed by atoms with Crippen LogP contribution in [0.25, 0.3) is 0 Å². The van der Waals surface area contributed by atoms with Crippen LogP contribution in [0.15, 0.2) is 48.5 Å². The number of aromatic hydroxyl groups is 4. The number of ether oxygens (including phenoxy) is 4. The van der Waals surface area contributed by atoms with E-state index in [4.69, 9.17) is 18.9 Å². The predicted molar refractivity (Wildman–Crippen MR) is 279 cm³/mol. The highest BCUT2D eigenvalue weighted by Crippen LogP contribution is 2.53. The van der Waals surface area contributed by atoms with Crippen molar-refractivity contribution in [2.24, 2.45) is 0 Å². The van der Waals surface area contributed by atoms with Crippen molar-refractivity contribution in [2.45, 2.75) is 234 Å². The molecule has 8 nitrogen and oxygen atoms in total. The summed E-state index contributed by atoms with van der Waals surface area (Å²) in [6.07, 6.45) is 14.0. The van der Waals surface area contributed by atoms with E-state index in [0.717, 1.165) is 147 Å². The van der Waals surface area contributed by atoms with Gasteiger partial charge in [-0.05, 0) is 105 Å². The first-order valence-corrected chi connectivity index (χ1v) is 26.7. The van der Waals surface area contributed by atoms with Gasteiger partial charge in [0.1, 0.15) is 46.0 Å². The van der Waals surface area contributed by atoms with Crippen molar-refractivity contribution >= 4 is 0 Å². The van der Waals surface area contributed by atoms with Gasteiger partial charge in [0.05, 0.1) is 24.4 Å². The van der Waals surface area contributed by atoms with Gasteiger partial charge in [-0.15, -0.1) is 0 Å². The number of phenols is 4. The molecule has 8 bridgehead atoms. The lowest BCUT2D eigenvalue weighted by molar-refractivity contribution is 0.236. The molecule has 4 aromatic carbocycles. The highest BCUT2D eigenvalue weighted by Gasteiger charge is 2.34. The smallest absolute Gasteiger partial charge is 0.127 e. The zero-order chi connectivity index (χ0) is 49.7. The Balaban J connectivity index is 2.08. The maximum atomic E-state index is 12.4. The SMILES string of the molecule is CCCCC[C@@H]1c2cc(c(OC(C)C)cc2O)[C@H](CCCCC)c2cc(c(OC(C)C)cc2O)[C@H](CCCCC)c2cc(c(OC(C)C)cc2O)[C@H](CCCCC)c2cc1c(OC(C)C)cc2O. The van der Waals surface area contributed by atoms with Crippen LogP contribution in [-0.2, 0) is 0 Å². The summed E-state index contributed by atoms with van der Waals surface area (Å²) in [6, 6.07) is 15.8. The molecule has 68 heavy (non-hydrogen) atoms. The predicted octanol–water partition coefficient (Wildman–Crippen LogP) is 16.8. The molecule has 4 N–H and O–H groups in total.